The number of nitrogens with zero attached hydrogens (tertiary/aromatic N) is 1. The molecule has 0 N–H and O–H groups in total. The Morgan fingerprint density at radius 1 is 1.26 bits per heavy atom. The highest BCUT2D eigenvalue weighted by atomic mass is 16.5. The van der Waals surface area contributed by atoms with Gasteiger partial charge in [0, 0.05) is 22.6 Å². The first kappa shape index (κ1) is 15.6. The minimum absolute atomic E-state index is 0.205. The molecule has 3 rings (SSSR count). The Morgan fingerprint density at radius 2 is 1.96 bits per heavy atom. The topological polar surface area (TPSA) is 57.5 Å². The monoisotopic (exact) mass is 315 g/mol. The number of carbonyl (C=O) groups excluding carboxylic acids is 2. The molecule has 5 nitrogen and oxygen atoms in total. The van der Waals surface area contributed by atoms with Crippen LogP contribution in [0.25, 0.3) is 10.9 Å². The van der Waals surface area contributed by atoms with Gasteiger partial charge >= 0.3 is 11.9 Å². The van der Waals surface area contributed by atoms with E-state index in [1.54, 1.807) is 26.0 Å². The number of ether oxygens (including phenoxy) is 2. The average Bonchev–Trinajstić information content (AvgIpc) is 3.30. The summed E-state index contributed by atoms with van der Waals surface area (Å²) in [6, 6.07) is 5.89. The molecule has 122 valence electrons. The minimum atomic E-state index is -0.362. The van der Waals surface area contributed by atoms with Gasteiger partial charge in [0.05, 0.1) is 18.6 Å². The van der Waals surface area contributed by atoms with Crippen molar-refractivity contribution in [3.05, 3.63) is 29.5 Å². The van der Waals surface area contributed by atoms with Crippen molar-refractivity contribution in [3.63, 3.8) is 0 Å². The lowest BCUT2D eigenvalue weighted by Gasteiger charge is -2.08. The highest BCUT2D eigenvalue weighted by Gasteiger charge is 2.30. The summed E-state index contributed by atoms with van der Waals surface area (Å²) in [5.74, 6) is -0.403. The van der Waals surface area contributed by atoms with Gasteiger partial charge in [-0.2, -0.15) is 0 Å². The summed E-state index contributed by atoms with van der Waals surface area (Å²) in [7, 11) is 1.38. The summed E-state index contributed by atoms with van der Waals surface area (Å²) >= 11 is 0. The van der Waals surface area contributed by atoms with Gasteiger partial charge in [0.15, 0.2) is 0 Å². The van der Waals surface area contributed by atoms with Crippen LogP contribution in [-0.4, -0.2) is 23.6 Å². The zero-order valence-electron chi connectivity index (χ0n) is 13.9. The third-order valence-corrected chi connectivity index (χ3v) is 4.21. The average molecular weight is 315 g/mol. The molecule has 1 fully saturated rings. The first-order chi connectivity index (χ1) is 10.9. The maximum atomic E-state index is 12.2. The van der Waals surface area contributed by atoms with Crippen LogP contribution >= 0.6 is 0 Å². The van der Waals surface area contributed by atoms with Crippen LogP contribution in [0.3, 0.4) is 0 Å². The van der Waals surface area contributed by atoms with Gasteiger partial charge in [0.1, 0.15) is 5.75 Å². The summed E-state index contributed by atoms with van der Waals surface area (Å²) in [5.41, 5.74) is 2.44. The lowest BCUT2D eigenvalue weighted by molar-refractivity contribution is -0.137. The van der Waals surface area contributed by atoms with Gasteiger partial charge in [0.2, 0.25) is 0 Å². The molecule has 1 aliphatic rings. The zero-order chi connectivity index (χ0) is 16.7. The number of rotatable bonds is 4. The van der Waals surface area contributed by atoms with Crippen LogP contribution in [0, 0.1) is 12.8 Å². The second kappa shape index (κ2) is 5.72. The third kappa shape index (κ3) is 2.71. The molecule has 5 heteroatoms. The number of hydrogen-bond acceptors (Lipinski definition) is 4. The summed E-state index contributed by atoms with van der Waals surface area (Å²) in [6.07, 6.45) is 2.24. The van der Waals surface area contributed by atoms with E-state index >= 15 is 0 Å². The number of fused-ring (bicyclic) bond motifs is 1. The van der Waals surface area contributed by atoms with Gasteiger partial charge in [-0.3, -0.25) is 4.79 Å². The second-order valence-electron chi connectivity index (χ2n) is 6.31. The van der Waals surface area contributed by atoms with E-state index in [9.17, 15) is 9.59 Å². The smallest absolute Gasteiger partial charge is 0.340 e. The molecule has 2 aromatic rings. The summed E-state index contributed by atoms with van der Waals surface area (Å²) in [5, 5.41) is 0.773. The number of esters is 2. The Morgan fingerprint density at radius 3 is 2.52 bits per heavy atom. The Kier molecular flexibility index (Phi) is 3.88. The SMILES string of the molecule is COC(=O)c1c(C)n(C2CC2)c2ccc(OC(=O)C(C)C)cc12. The van der Waals surface area contributed by atoms with Gasteiger partial charge in [-0.1, -0.05) is 13.8 Å². The Hall–Kier alpha value is -2.30. The van der Waals surface area contributed by atoms with Crippen molar-refractivity contribution in [1.82, 2.24) is 4.57 Å². The van der Waals surface area contributed by atoms with Gasteiger partial charge in [-0.05, 0) is 38.0 Å². The highest BCUT2D eigenvalue weighted by molar-refractivity contribution is 6.06. The molecule has 1 heterocycles. The molecule has 0 bridgehead atoms. The molecule has 0 atom stereocenters. The maximum Gasteiger partial charge on any atom is 0.340 e. The second-order valence-corrected chi connectivity index (χ2v) is 6.31. The molecule has 0 aliphatic heterocycles. The summed E-state index contributed by atoms with van der Waals surface area (Å²) in [4.78, 5) is 24.0. The molecule has 0 saturated heterocycles. The predicted octanol–water partition coefficient (Wildman–Crippen LogP) is 3.63. The number of benzene rings is 1. The van der Waals surface area contributed by atoms with E-state index in [2.05, 4.69) is 4.57 Å². The van der Waals surface area contributed by atoms with E-state index in [-0.39, 0.29) is 17.9 Å². The number of carbonyl (C=O) groups is 2. The Bertz CT molecular complexity index is 784. The maximum absolute atomic E-state index is 12.2. The van der Waals surface area contributed by atoms with Crippen LogP contribution in [0.4, 0.5) is 0 Å². The van der Waals surface area contributed by atoms with E-state index in [0.717, 1.165) is 29.4 Å². The third-order valence-electron chi connectivity index (χ3n) is 4.21. The van der Waals surface area contributed by atoms with Crippen LogP contribution in [0.15, 0.2) is 18.2 Å². The summed E-state index contributed by atoms with van der Waals surface area (Å²) < 4.78 is 12.5. The van der Waals surface area contributed by atoms with Crippen molar-refractivity contribution in [2.24, 2.45) is 5.92 Å². The van der Waals surface area contributed by atoms with E-state index < -0.39 is 0 Å². The standard InChI is InChI=1S/C18H21NO4/c1-10(2)17(20)23-13-7-8-15-14(9-13)16(18(21)22-4)11(3)19(15)12-5-6-12/h7-10,12H,5-6H2,1-4H3. The van der Waals surface area contributed by atoms with Crippen LogP contribution in [0.1, 0.15) is 48.8 Å². The predicted molar refractivity (Wildman–Crippen MR) is 86.8 cm³/mol. The molecule has 1 aromatic heterocycles. The number of methoxy groups -OCH3 is 1. The van der Waals surface area contributed by atoms with E-state index in [0.29, 0.717) is 17.4 Å². The number of aromatic nitrogens is 1. The molecule has 23 heavy (non-hydrogen) atoms. The summed E-state index contributed by atoms with van der Waals surface area (Å²) in [6.45, 7) is 5.51. The van der Waals surface area contributed by atoms with Crippen molar-refractivity contribution in [1.29, 1.82) is 0 Å². The quantitative estimate of drug-likeness (QED) is 0.638. The molecule has 1 aromatic carbocycles. The molecule has 0 radical (unpaired) electrons. The largest absolute Gasteiger partial charge is 0.465 e. The van der Waals surface area contributed by atoms with Crippen molar-refractivity contribution < 1.29 is 19.1 Å². The zero-order valence-corrected chi connectivity index (χ0v) is 13.9. The lowest BCUT2D eigenvalue weighted by Crippen LogP contribution is -2.14. The normalized spacial score (nSPS) is 14.3. The van der Waals surface area contributed by atoms with Crippen LogP contribution in [0.2, 0.25) is 0 Å². The lowest BCUT2D eigenvalue weighted by atomic mass is 10.1. The molecule has 0 amide bonds. The molecular formula is C18H21NO4. The van der Waals surface area contributed by atoms with Crippen LogP contribution in [-0.2, 0) is 9.53 Å². The first-order valence-corrected chi connectivity index (χ1v) is 7.88. The van der Waals surface area contributed by atoms with Crippen molar-refractivity contribution in [2.45, 2.75) is 39.7 Å². The van der Waals surface area contributed by atoms with Crippen molar-refractivity contribution in [3.8, 4) is 5.75 Å². The van der Waals surface area contributed by atoms with E-state index in [1.165, 1.54) is 7.11 Å². The van der Waals surface area contributed by atoms with Crippen LogP contribution < -0.4 is 4.74 Å². The fraction of sp³-hybridized carbons (Fsp3) is 0.444. The van der Waals surface area contributed by atoms with Crippen LogP contribution in [0.5, 0.6) is 5.75 Å². The molecule has 0 spiro atoms. The Balaban J connectivity index is 2.13. The van der Waals surface area contributed by atoms with Gasteiger partial charge < -0.3 is 14.0 Å². The van der Waals surface area contributed by atoms with Gasteiger partial charge in [0.25, 0.3) is 0 Å². The molecule has 1 saturated carbocycles. The fourth-order valence-corrected chi connectivity index (χ4v) is 2.88. The van der Waals surface area contributed by atoms with Crippen molar-refractivity contribution >= 4 is 22.8 Å². The van der Waals surface area contributed by atoms with E-state index in [4.69, 9.17) is 9.47 Å². The van der Waals surface area contributed by atoms with Crippen molar-refractivity contribution in [2.75, 3.05) is 7.11 Å². The molecule has 0 unspecified atom stereocenters. The molecular weight excluding hydrogens is 294 g/mol. The van der Waals surface area contributed by atoms with Gasteiger partial charge in [-0.15, -0.1) is 0 Å². The molecule has 1 aliphatic carbocycles. The Labute approximate surface area is 135 Å². The number of hydrogen-bond donors (Lipinski definition) is 0. The highest BCUT2D eigenvalue weighted by Crippen LogP contribution is 2.42. The van der Waals surface area contributed by atoms with E-state index in [1.807, 2.05) is 13.0 Å². The van der Waals surface area contributed by atoms with Gasteiger partial charge in [-0.25, -0.2) is 4.79 Å². The minimum Gasteiger partial charge on any atom is -0.465 e. The first-order valence-electron chi connectivity index (χ1n) is 7.88. The fourth-order valence-electron chi connectivity index (χ4n) is 2.88.